The Morgan fingerprint density at radius 2 is 2.30 bits per heavy atom. The molecule has 122 valence electrons. The van der Waals surface area contributed by atoms with Crippen molar-refractivity contribution in [3.05, 3.63) is 29.5 Å². The lowest BCUT2D eigenvalue weighted by Gasteiger charge is -2.38. The number of hydrogen-bond acceptors (Lipinski definition) is 4. The molecule has 6 heteroatoms. The van der Waals surface area contributed by atoms with Gasteiger partial charge < -0.3 is 15.0 Å². The van der Waals surface area contributed by atoms with Crippen molar-refractivity contribution in [1.82, 2.24) is 9.88 Å². The van der Waals surface area contributed by atoms with Gasteiger partial charge in [-0.2, -0.15) is 0 Å². The number of pyridine rings is 1. The molecule has 0 spiro atoms. The van der Waals surface area contributed by atoms with Crippen LogP contribution in [0.1, 0.15) is 30.9 Å². The fourth-order valence-corrected chi connectivity index (χ4v) is 2.65. The standard InChI is InChI=1S/C17H21N3O3/c1-2-7-23-14-10-20(11-14)16(22)6-3-12-8-13-4-5-15(21)19-17(13)18-9-12/h3,6,8-9,14H,2,4-5,7,10-11H2,1H3,(H,18,19,21). The van der Waals surface area contributed by atoms with E-state index in [1.807, 2.05) is 6.07 Å². The third kappa shape index (κ3) is 3.76. The van der Waals surface area contributed by atoms with Gasteiger partial charge in [0.1, 0.15) is 5.82 Å². The predicted molar refractivity (Wildman–Crippen MR) is 86.8 cm³/mol. The smallest absolute Gasteiger partial charge is 0.246 e. The van der Waals surface area contributed by atoms with E-state index in [1.54, 1.807) is 23.2 Å². The summed E-state index contributed by atoms with van der Waals surface area (Å²) in [6.45, 7) is 4.15. The molecular weight excluding hydrogens is 294 g/mol. The molecule has 1 saturated heterocycles. The maximum absolute atomic E-state index is 12.1. The molecule has 0 bridgehead atoms. The summed E-state index contributed by atoms with van der Waals surface area (Å²) in [6, 6.07) is 1.97. The van der Waals surface area contributed by atoms with Crippen molar-refractivity contribution in [2.45, 2.75) is 32.3 Å². The highest BCUT2D eigenvalue weighted by atomic mass is 16.5. The molecule has 0 aromatic carbocycles. The molecule has 2 amide bonds. The number of aryl methyl sites for hydroxylation is 1. The van der Waals surface area contributed by atoms with Crippen LogP contribution in [0.15, 0.2) is 18.3 Å². The largest absolute Gasteiger partial charge is 0.375 e. The van der Waals surface area contributed by atoms with Crippen LogP contribution in [0.5, 0.6) is 0 Å². The Morgan fingerprint density at radius 3 is 3.09 bits per heavy atom. The number of anilines is 1. The first-order valence-corrected chi connectivity index (χ1v) is 8.03. The van der Waals surface area contributed by atoms with Gasteiger partial charge in [-0.3, -0.25) is 9.59 Å². The molecule has 1 aromatic rings. The number of carbonyl (C=O) groups excluding carboxylic acids is 2. The molecule has 0 radical (unpaired) electrons. The molecule has 1 fully saturated rings. The van der Waals surface area contributed by atoms with Crippen LogP contribution in [0.2, 0.25) is 0 Å². The number of nitrogens with one attached hydrogen (secondary N) is 1. The Kier molecular flexibility index (Phi) is 4.71. The van der Waals surface area contributed by atoms with Crippen LogP contribution in [-0.4, -0.2) is 47.5 Å². The Morgan fingerprint density at radius 1 is 1.48 bits per heavy atom. The van der Waals surface area contributed by atoms with E-state index in [4.69, 9.17) is 4.74 Å². The van der Waals surface area contributed by atoms with Crippen molar-refractivity contribution in [1.29, 1.82) is 0 Å². The molecule has 3 heterocycles. The molecule has 2 aliphatic rings. The van der Waals surface area contributed by atoms with Gasteiger partial charge in [0.05, 0.1) is 6.10 Å². The van der Waals surface area contributed by atoms with Crippen molar-refractivity contribution in [2.75, 3.05) is 25.0 Å². The van der Waals surface area contributed by atoms with Crippen LogP contribution < -0.4 is 5.32 Å². The Labute approximate surface area is 135 Å². The second kappa shape index (κ2) is 6.91. The highest BCUT2D eigenvalue weighted by Gasteiger charge is 2.29. The molecule has 2 aliphatic heterocycles. The lowest BCUT2D eigenvalue weighted by atomic mass is 10.0. The first kappa shape index (κ1) is 15.7. The van der Waals surface area contributed by atoms with E-state index in [0.29, 0.717) is 31.7 Å². The lowest BCUT2D eigenvalue weighted by molar-refractivity contribution is -0.139. The number of ether oxygens (including phenoxy) is 1. The van der Waals surface area contributed by atoms with Gasteiger partial charge in [-0.05, 0) is 36.1 Å². The molecule has 0 unspecified atom stereocenters. The SMILES string of the molecule is CCCOC1CN(C(=O)C=Cc2cnc3c(c2)CCC(=O)N3)C1. The van der Waals surface area contributed by atoms with Crippen molar-refractivity contribution >= 4 is 23.7 Å². The summed E-state index contributed by atoms with van der Waals surface area (Å²) < 4.78 is 5.58. The summed E-state index contributed by atoms with van der Waals surface area (Å²) in [4.78, 5) is 29.4. The van der Waals surface area contributed by atoms with E-state index in [0.717, 1.165) is 24.2 Å². The number of hydrogen-bond donors (Lipinski definition) is 1. The Balaban J connectivity index is 1.54. The zero-order valence-electron chi connectivity index (χ0n) is 13.2. The van der Waals surface area contributed by atoms with E-state index in [1.165, 1.54) is 0 Å². The highest BCUT2D eigenvalue weighted by Crippen LogP contribution is 2.21. The first-order valence-electron chi connectivity index (χ1n) is 8.03. The van der Waals surface area contributed by atoms with E-state index < -0.39 is 0 Å². The minimum atomic E-state index is -0.00706. The summed E-state index contributed by atoms with van der Waals surface area (Å²) in [5, 5.41) is 2.75. The molecule has 0 atom stereocenters. The maximum atomic E-state index is 12.1. The molecule has 1 aromatic heterocycles. The normalized spacial score (nSPS) is 17.8. The van der Waals surface area contributed by atoms with Crippen molar-refractivity contribution in [3.63, 3.8) is 0 Å². The number of fused-ring (bicyclic) bond motifs is 1. The monoisotopic (exact) mass is 315 g/mol. The minimum Gasteiger partial charge on any atom is -0.375 e. The molecule has 23 heavy (non-hydrogen) atoms. The van der Waals surface area contributed by atoms with Crippen LogP contribution in [0.3, 0.4) is 0 Å². The summed E-state index contributed by atoms with van der Waals surface area (Å²) in [5.41, 5.74) is 1.88. The van der Waals surface area contributed by atoms with Gasteiger partial charge in [-0.1, -0.05) is 6.92 Å². The molecule has 0 saturated carbocycles. The van der Waals surface area contributed by atoms with Crippen molar-refractivity contribution < 1.29 is 14.3 Å². The topological polar surface area (TPSA) is 71.5 Å². The highest BCUT2D eigenvalue weighted by molar-refractivity contribution is 5.94. The van der Waals surface area contributed by atoms with E-state index >= 15 is 0 Å². The third-order valence-corrected chi connectivity index (χ3v) is 4.00. The predicted octanol–water partition coefficient (Wildman–Crippen LogP) is 1.62. The van der Waals surface area contributed by atoms with E-state index in [-0.39, 0.29) is 17.9 Å². The van der Waals surface area contributed by atoms with Gasteiger partial charge in [-0.15, -0.1) is 0 Å². The fraction of sp³-hybridized carbons (Fsp3) is 0.471. The van der Waals surface area contributed by atoms with Gasteiger partial charge >= 0.3 is 0 Å². The lowest BCUT2D eigenvalue weighted by Crippen LogP contribution is -2.54. The number of aromatic nitrogens is 1. The van der Waals surface area contributed by atoms with Crippen LogP contribution in [-0.2, 0) is 20.7 Å². The van der Waals surface area contributed by atoms with Crippen LogP contribution in [0.4, 0.5) is 5.82 Å². The number of rotatable bonds is 5. The molecule has 3 rings (SSSR count). The number of carbonyl (C=O) groups is 2. The van der Waals surface area contributed by atoms with Crippen molar-refractivity contribution in [2.24, 2.45) is 0 Å². The van der Waals surface area contributed by atoms with Gasteiger partial charge in [-0.25, -0.2) is 4.98 Å². The third-order valence-electron chi connectivity index (χ3n) is 4.00. The van der Waals surface area contributed by atoms with Gasteiger partial charge in [0.25, 0.3) is 0 Å². The molecule has 0 aliphatic carbocycles. The quantitative estimate of drug-likeness (QED) is 0.838. The second-order valence-corrected chi connectivity index (χ2v) is 5.89. The summed E-state index contributed by atoms with van der Waals surface area (Å²) >= 11 is 0. The molecule has 1 N–H and O–H groups in total. The molecule has 6 nitrogen and oxygen atoms in total. The van der Waals surface area contributed by atoms with Crippen LogP contribution >= 0.6 is 0 Å². The number of amides is 2. The molecular formula is C17H21N3O3. The van der Waals surface area contributed by atoms with Crippen molar-refractivity contribution in [3.8, 4) is 0 Å². The van der Waals surface area contributed by atoms with E-state index in [9.17, 15) is 9.59 Å². The average Bonchev–Trinajstić information content (AvgIpc) is 2.51. The van der Waals surface area contributed by atoms with Gasteiger partial charge in [0, 0.05) is 38.4 Å². The average molecular weight is 315 g/mol. The minimum absolute atomic E-state index is 0.00102. The van der Waals surface area contributed by atoms with E-state index in [2.05, 4.69) is 17.2 Å². The zero-order chi connectivity index (χ0) is 16.2. The van der Waals surface area contributed by atoms with Gasteiger partial charge in [0.2, 0.25) is 11.8 Å². The van der Waals surface area contributed by atoms with Crippen LogP contribution in [0.25, 0.3) is 6.08 Å². The first-order chi connectivity index (χ1) is 11.2. The zero-order valence-corrected chi connectivity index (χ0v) is 13.2. The number of likely N-dealkylation sites (tertiary alicyclic amines) is 1. The Hall–Kier alpha value is -2.21. The fourth-order valence-electron chi connectivity index (χ4n) is 2.65. The summed E-state index contributed by atoms with van der Waals surface area (Å²) in [6.07, 6.45) is 7.35. The second-order valence-electron chi connectivity index (χ2n) is 5.89. The maximum Gasteiger partial charge on any atom is 0.246 e. The van der Waals surface area contributed by atoms with Crippen LogP contribution in [0, 0.1) is 0 Å². The Bertz CT molecular complexity index is 636. The number of nitrogens with zero attached hydrogens (tertiary/aromatic N) is 2. The summed E-state index contributed by atoms with van der Waals surface area (Å²) in [5.74, 6) is 0.622. The summed E-state index contributed by atoms with van der Waals surface area (Å²) in [7, 11) is 0. The van der Waals surface area contributed by atoms with Gasteiger partial charge in [0.15, 0.2) is 0 Å².